The van der Waals surface area contributed by atoms with Gasteiger partial charge in [0.25, 0.3) is 6.92 Å². The molecule has 12 heavy (non-hydrogen) atoms. The van der Waals surface area contributed by atoms with E-state index < -0.39 is 0 Å². The van der Waals surface area contributed by atoms with E-state index in [4.69, 9.17) is 4.65 Å². The van der Waals surface area contributed by atoms with Crippen LogP contribution in [-0.2, 0) is 4.65 Å². The van der Waals surface area contributed by atoms with Crippen molar-refractivity contribution in [1.82, 2.24) is 0 Å². The number of hydrogen-bond acceptors (Lipinski definition) is 1. The molecule has 0 radical (unpaired) electrons. The van der Waals surface area contributed by atoms with Gasteiger partial charge in [-0.2, -0.15) is 0 Å². The lowest BCUT2D eigenvalue weighted by Crippen LogP contribution is -2.19. The lowest BCUT2D eigenvalue weighted by Gasteiger charge is -2.14. The summed E-state index contributed by atoms with van der Waals surface area (Å²) < 4.78 is 5.39. The van der Waals surface area contributed by atoms with Gasteiger partial charge in [0.05, 0.1) is 0 Å². The molecule has 0 aromatic rings. The van der Waals surface area contributed by atoms with Crippen LogP contribution in [0.3, 0.4) is 0 Å². The van der Waals surface area contributed by atoms with E-state index >= 15 is 0 Å². The molecule has 0 aromatic heterocycles. The standard InChI is InChI=1S/C10H23BO/c1-5-6-7-8-9-11(12-4)10(2)3/h10H,5-9H2,1-4H3. The molecule has 0 N–H and O–H groups in total. The van der Waals surface area contributed by atoms with Crippen molar-refractivity contribution in [2.45, 2.75) is 58.6 Å². The molecule has 0 spiro atoms. The summed E-state index contributed by atoms with van der Waals surface area (Å²) >= 11 is 0. The fraction of sp³-hybridized carbons (Fsp3) is 1.00. The van der Waals surface area contributed by atoms with Gasteiger partial charge in [-0.05, 0) is 12.1 Å². The van der Waals surface area contributed by atoms with Crippen LogP contribution in [0.4, 0.5) is 0 Å². The summed E-state index contributed by atoms with van der Waals surface area (Å²) in [6.45, 7) is 7.18. The zero-order valence-corrected chi connectivity index (χ0v) is 9.10. The van der Waals surface area contributed by atoms with Crippen molar-refractivity contribution in [3.8, 4) is 0 Å². The molecule has 0 rings (SSSR count). The Morgan fingerprint density at radius 2 is 1.83 bits per heavy atom. The summed E-state index contributed by atoms with van der Waals surface area (Å²) in [6, 6.07) is 0. The van der Waals surface area contributed by atoms with Crippen molar-refractivity contribution in [3.63, 3.8) is 0 Å². The minimum Gasteiger partial charge on any atom is -0.438 e. The van der Waals surface area contributed by atoms with Crippen molar-refractivity contribution in [2.75, 3.05) is 7.11 Å². The maximum Gasteiger partial charge on any atom is 0.295 e. The average Bonchev–Trinajstić information content (AvgIpc) is 2.04. The number of rotatable bonds is 7. The highest BCUT2D eigenvalue weighted by Gasteiger charge is 2.17. The van der Waals surface area contributed by atoms with Gasteiger partial charge in [-0.1, -0.05) is 46.5 Å². The average molecular weight is 170 g/mol. The summed E-state index contributed by atoms with van der Waals surface area (Å²) in [5.74, 6) is 0.664. The molecule has 0 saturated heterocycles. The Labute approximate surface area is 78.0 Å². The summed E-state index contributed by atoms with van der Waals surface area (Å²) in [4.78, 5) is 0. The highest BCUT2D eigenvalue weighted by Crippen LogP contribution is 2.16. The normalized spacial score (nSPS) is 10.8. The van der Waals surface area contributed by atoms with Gasteiger partial charge < -0.3 is 4.65 Å². The third-order valence-corrected chi connectivity index (χ3v) is 2.39. The smallest absolute Gasteiger partial charge is 0.295 e. The second-order valence-corrected chi connectivity index (χ2v) is 3.87. The topological polar surface area (TPSA) is 9.23 Å². The van der Waals surface area contributed by atoms with Crippen LogP contribution in [-0.4, -0.2) is 14.0 Å². The fourth-order valence-electron chi connectivity index (χ4n) is 1.50. The zero-order chi connectivity index (χ0) is 9.40. The Morgan fingerprint density at radius 1 is 1.17 bits per heavy atom. The van der Waals surface area contributed by atoms with E-state index in [-0.39, 0.29) is 0 Å². The molecule has 0 saturated carbocycles. The molecule has 2 heteroatoms. The first kappa shape index (κ1) is 12.0. The van der Waals surface area contributed by atoms with Crippen LogP contribution in [0.2, 0.25) is 12.1 Å². The Bertz CT molecular complexity index is 93.8. The van der Waals surface area contributed by atoms with Crippen molar-refractivity contribution in [2.24, 2.45) is 0 Å². The molecule has 0 aromatic carbocycles. The fourth-order valence-corrected chi connectivity index (χ4v) is 1.50. The van der Waals surface area contributed by atoms with Gasteiger partial charge in [-0.3, -0.25) is 0 Å². The third-order valence-electron chi connectivity index (χ3n) is 2.39. The quantitative estimate of drug-likeness (QED) is 0.418. The van der Waals surface area contributed by atoms with Crippen LogP contribution < -0.4 is 0 Å². The van der Waals surface area contributed by atoms with Crippen LogP contribution in [0.1, 0.15) is 46.5 Å². The SMILES string of the molecule is CCCCCCB(OC)C(C)C. The zero-order valence-electron chi connectivity index (χ0n) is 9.10. The van der Waals surface area contributed by atoms with Gasteiger partial charge in [-0.25, -0.2) is 0 Å². The second-order valence-electron chi connectivity index (χ2n) is 3.87. The minimum atomic E-state index is 0.474. The van der Waals surface area contributed by atoms with Crippen LogP contribution in [0.25, 0.3) is 0 Å². The molecular formula is C10H23BO. The monoisotopic (exact) mass is 170 g/mol. The van der Waals surface area contributed by atoms with Gasteiger partial charge in [0.2, 0.25) is 0 Å². The molecule has 0 aliphatic heterocycles. The summed E-state index contributed by atoms with van der Waals surface area (Å²) in [6.07, 6.45) is 6.61. The third kappa shape index (κ3) is 5.65. The first-order chi connectivity index (χ1) is 5.72. The summed E-state index contributed by atoms with van der Waals surface area (Å²) in [7, 11) is 1.82. The molecule has 72 valence electrons. The van der Waals surface area contributed by atoms with E-state index in [1.165, 1.54) is 32.0 Å². The van der Waals surface area contributed by atoms with Gasteiger partial charge in [0.15, 0.2) is 0 Å². The number of unbranched alkanes of at least 4 members (excludes halogenated alkanes) is 3. The lowest BCUT2D eigenvalue weighted by atomic mass is 9.54. The molecule has 0 heterocycles. The Kier molecular flexibility index (Phi) is 7.68. The molecule has 0 amide bonds. The van der Waals surface area contributed by atoms with Crippen LogP contribution in [0, 0.1) is 0 Å². The van der Waals surface area contributed by atoms with Crippen molar-refractivity contribution in [1.29, 1.82) is 0 Å². The van der Waals surface area contributed by atoms with Crippen molar-refractivity contribution < 1.29 is 4.65 Å². The Balaban J connectivity index is 3.32. The molecule has 0 aliphatic carbocycles. The summed E-state index contributed by atoms with van der Waals surface area (Å²) in [5, 5.41) is 0. The van der Waals surface area contributed by atoms with Gasteiger partial charge in [-0.15, -0.1) is 0 Å². The molecular weight excluding hydrogens is 147 g/mol. The molecule has 0 unspecified atom stereocenters. The molecule has 0 atom stereocenters. The van der Waals surface area contributed by atoms with Crippen LogP contribution in [0.5, 0.6) is 0 Å². The van der Waals surface area contributed by atoms with Gasteiger partial charge in [0, 0.05) is 7.11 Å². The largest absolute Gasteiger partial charge is 0.438 e. The first-order valence-corrected chi connectivity index (χ1v) is 5.25. The summed E-state index contributed by atoms with van der Waals surface area (Å²) in [5.41, 5.74) is 0. The van der Waals surface area contributed by atoms with E-state index in [0.29, 0.717) is 12.7 Å². The maximum atomic E-state index is 5.39. The highest BCUT2D eigenvalue weighted by atomic mass is 16.4. The molecule has 0 bridgehead atoms. The van der Waals surface area contributed by atoms with Crippen LogP contribution >= 0.6 is 0 Å². The molecule has 1 nitrogen and oxygen atoms in total. The van der Waals surface area contributed by atoms with E-state index in [0.717, 1.165) is 0 Å². The van der Waals surface area contributed by atoms with Gasteiger partial charge >= 0.3 is 0 Å². The Morgan fingerprint density at radius 3 is 2.25 bits per heavy atom. The van der Waals surface area contributed by atoms with Crippen molar-refractivity contribution in [3.05, 3.63) is 0 Å². The van der Waals surface area contributed by atoms with E-state index in [1.807, 2.05) is 7.11 Å². The molecule has 0 fully saturated rings. The highest BCUT2D eigenvalue weighted by molar-refractivity contribution is 6.53. The minimum absolute atomic E-state index is 0.474. The molecule has 0 aliphatic rings. The Hall–Kier alpha value is 0.0249. The lowest BCUT2D eigenvalue weighted by molar-refractivity contribution is 0.407. The maximum absolute atomic E-state index is 5.39. The van der Waals surface area contributed by atoms with E-state index in [1.54, 1.807) is 0 Å². The predicted octanol–water partition coefficient (Wildman–Crippen LogP) is 3.61. The predicted molar refractivity (Wildman–Crippen MR) is 56.8 cm³/mol. The van der Waals surface area contributed by atoms with Crippen molar-refractivity contribution >= 4 is 6.92 Å². The van der Waals surface area contributed by atoms with E-state index in [2.05, 4.69) is 20.8 Å². The second kappa shape index (κ2) is 7.66. The first-order valence-electron chi connectivity index (χ1n) is 5.25. The van der Waals surface area contributed by atoms with E-state index in [9.17, 15) is 0 Å². The van der Waals surface area contributed by atoms with Crippen LogP contribution in [0.15, 0.2) is 0 Å². The number of hydrogen-bond donors (Lipinski definition) is 0. The van der Waals surface area contributed by atoms with Gasteiger partial charge in [0.1, 0.15) is 0 Å².